The molecule has 0 radical (unpaired) electrons. The zero-order valence-electron chi connectivity index (χ0n) is 41.6. The molecular weight excluding hydrogens is 961 g/mol. The minimum atomic E-state index is -2.36. The fourth-order valence-electron chi connectivity index (χ4n) is 10.6. The van der Waals surface area contributed by atoms with E-state index < -0.39 is 102 Å². The van der Waals surface area contributed by atoms with Gasteiger partial charge in [0.05, 0.1) is 114 Å². The number of nitrogens with one attached hydrogen (secondary N) is 2. The first-order valence-corrected chi connectivity index (χ1v) is 24.8. The summed E-state index contributed by atoms with van der Waals surface area (Å²) in [5, 5.41) is 41.4. The molecule has 4 saturated heterocycles. The number of methoxy groups -OCH3 is 2. The molecule has 0 aromatic heterocycles. The zero-order chi connectivity index (χ0) is 52.0. The number of amides is 3. The van der Waals surface area contributed by atoms with E-state index in [0.29, 0.717) is 52.5 Å². The smallest absolute Gasteiger partial charge is 0.252 e. The summed E-state index contributed by atoms with van der Waals surface area (Å²) in [6, 6.07) is 4.17. The van der Waals surface area contributed by atoms with E-state index >= 15 is 0 Å². The van der Waals surface area contributed by atoms with Crippen LogP contribution < -0.4 is 15.4 Å². The highest BCUT2D eigenvalue weighted by Gasteiger charge is 2.55. The molecule has 2 aromatic rings. The molecule has 6 aliphatic rings. The van der Waals surface area contributed by atoms with Gasteiger partial charge in [-0.3, -0.25) is 33.7 Å². The van der Waals surface area contributed by atoms with Crippen molar-refractivity contribution in [3.63, 3.8) is 0 Å². The second kappa shape index (κ2) is 24.0. The van der Waals surface area contributed by atoms with E-state index in [9.17, 15) is 44.1 Å². The van der Waals surface area contributed by atoms with Crippen LogP contribution in [0.15, 0.2) is 18.2 Å². The molecule has 2 aromatic carbocycles. The molecule has 23 heteroatoms. The number of fused-ring (bicyclic) bond motifs is 6. The number of ketones is 3. The van der Waals surface area contributed by atoms with Crippen LogP contribution in [0.25, 0.3) is 0 Å². The quantitative estimate of drug-likeness (QED) is 0.0630. The van der Waals surface area contributed by atoms with Crippen molar-refractivity contribution in [3.8, 4) is 17.2 Å². The lowest BCUT2D eigenvalue weighted by atomic mass is 9.72. The molecule has 2 aliphatic carbocycles. The van der Waals surface area contributed by atoms with Crippen LogP contribution in [-0.4, -0.2) is 210 Å². The Morgan fingerprint density at radius 2 is 1.55 bits per heavy atom. The molecule has 3 amide bonds. The number of likely N-dealkylation sites (tertiary alicyclic amines) is 1. The van der Waals surface area contributed by atoms with Crippen LogP contribution in [0.3, 0.4) is 0 Å². The van der Waals surface area contributed by atoms with Gasteiger partial charge in [0.2, 0.25) is 17.6 Å². The fourth-order valence-corrected chi connectivity index (χ4v) is 10.6. The number of carbonyl (C=O) groups excluding carboxylic acids is 6. The highest BCUT2D eigenvalue weighted by molar-refractivity contribution is 6.31. The maximum Gasteiger partial charge on any atom is 0.252 e. The minimum Gasteiger partial charge on any atom is -0.507 e. The molecule has 0 bridgehead atoms. The largest absolute Gasteiger partial charge is 0.507 e. The number of hydrogen-bond donors (Lipinski definition) is 5. The van der Waals surface area contributed by atoms with E-state index in [1.807, 2.05) is 6.92 Å². The highest BCUT2D eigenvalue weighted by atomic mass is 16.7. The number of ether oxygens (including phenoxy) is 10. The van der Waals surface area contributed by atoms with Crippen LogP contribution >= 0.6 is 0 Å². The topological polar surface area (TPSA) is 286 Å². The van der Waals surface area contributed by atoms with Crippen LogP contribution in [0.5, 0.6) is 17.2 Å². The Labute approximate surface area is 421 Å². The summed E-state index contributed by atoms with van der Waals surface area (Å²) in [4.78, 5) is 83.2. The van der Waals surface area contributed by atoms with Crippen molar-refractivity contribution in [2.75, 3.05) is 107 Å². The number of aromatic hydroxyl groups is 2. The van der Waals surface area contributed by atoms with E-state index in [4.69, 9.17) is 47.4 Å². The monoisotopic (exact) mass is 1030 g/mol. The van der Waals surface area contributed by atoms with Crippen LogP contribution in [0.1, 0.15) is 88.1 Å². The van der Waals surface area contributed by atoms with Gasteiger partial charge in [-0.05, 0) is 19.4 Å². The SMILES string of the molecule is CNC(=O)C1CCN(C(=O)CCOCCOCCOCCOCCC(=O)CNC(=O)[C@]2(O)Cc3c(O)c4c(c(O)c3[C@@H](O[C@H]3C[C@H]5[C@H](O[C@@H]6[C@@H](OC)OCCN65)[C@H](C)O3)C2)C(=O)c2c(OC)cccc2C4=O)C1. The predicted molar refractivity (Wildman–Crippen MR) is 251 cm³/mol. The first-order chi connectivity index (χ1) is 35.2. The Hall–Kier alpha value is -5.18. The van der Waals surface area contributed by atoms with Gasteiger partial charge in [-0.25, -0.2) is 0 Å². The number of nitrogens with zero attached hydrogens (tertiary/aromatic N) is 2. The van der Waals surface area contributed by atoms with E-state index in [2.05, 4.69) is 15.5 Å². The molecule has 1 unspecified atom stereocenters. The lowest BCUT2D eigenvalue weighted by Gasteiger charge is -2.43. The molecule has 4 aliphatic heterocycles. The van der Waals surface area contributed by atoms with Gasteiger partial charge in [-0.15, -0.1) is 0 Å². The molecule has 23 nitrogen and oxygen atoms in total. The van der Waals surface area contributed by atoms with Crippen molar-refractivity contribution in [2.24, 2.45) is 5.92 Å². The van der Waals surface area contributed by atoms with Crippen LogP contribution in [0, 0.1) is 5.92 Å². The van der Waals surface area contributed by atoms with Crippen LogP contribution in [-0.2, 0) is 68.2 Å². The Kier molecular flexibility index (Phi) is 17.8. The second-order valence-corrected chi connectivity index (χ2v) is 18.8. The number of morpholine rings is 1. The van der Waals surface area contributed by atoms with Crippen LogP contribution in [0.2, 0.25) is 0 Å². The number of phenols is 2. The second-order valence-electron chi connectivity index (χ2n) is 18.8. The van der Waals surface area contributed by atoms with E-state index in [1.54, 1.807) is 11.9 Å². The molecule has 73 heavy (non-hydrogen) atoms. The molecule has 0 spiro atoms. The summed E-state index contributed by atoms with van der Waals surface area (Å²) in [5.41, 5.74) is -3.81. The normalized spacial score (nSPS) is 27.4. The van der Waals surface area contributed by atoms with Crippen molar-refractivity contribution in [1.29, 1.82) is 0 Å². The molecule has 4 heterocycles. The van der Waals surface area contributed by atoms with Gasteiger partial charge < -0.3 is 78.2 Å². The summed E-state index contributed by atoms with van der Waals surface area (Å²) in [5.74, 6) is -4.52. The molecule has 8 rings (SSSR count). The van der Waals surface area contributed by atoms with Crippen molar-refractivity contribution in [2.45, 2.75) is 94.2 Å². The Morgan fingerprint density at radius 3 is 2.23 bits per heavy atom. The minimum absolute atomic E-state index is 0.0262. The molecule has 400 valence electrons. The lowest BCUT2D eigenvalue weighted by Crippen LogP contribution is -2.55. The van der Waals surface area contributed by atoms with Crippen LogP contribution in [0.4, 0.5) is 0 Å². The first-order valence-electron chi connectivity index (χ1n) is 24.8. The van der Waals surface area contributed by atoms with E-state index in [1.165, 1.54) is 32.4 Å². The van der Waals surface area contributed by atoms with E-state index in [0.717, 1.165) is 0 Å². The van der Waals surface area contributed by atoms with Gasteiger partial charge in [-0.2, -0.15) is 0 Å². The summed E-state index contributed by atoms with van der Waals surface area (Å²) < 4.78 is 58.0. The molecule has 9 atom stereocenters. The number of benzene rings is 2. The summed E-state index contributed by atoms with van der Waals surface area (Å²) in [7, 11) is 4.45. The Morgan fingerprint density at radius 1 is 0.863 bits per heavy atom. The number of rotatable bonds is 23. The molecular formula is C50H66N4O19. The lowest BCUT2D eigenvalue weighted by molar-refractivity contribution is -0.256. The molecule has 0 saturated carbocycles. The van der Waals surface area contributed by atoms with Gasteiger partial charge in [-0.1, -0.05) is 12.1 Å². The van der Waals surface area contributed by atoms with Gasteiger partial charge in [0.15, 0.2) is 30.4 Å². The summed E-state index contributed by atoms with van der Waals surface area (Å²) in [6.07, 6.45) is -4.57. The standard InChI is InChI=1S/C50H66N4O19/c1-27-45-32(54-12-15-70-48(65-4)47(54)73-45)22-36(71-27)72-34-24-50(63,23-31-38(34)44(60)40-39(42(31)58)41(57)30-6-5-7-33(64-3)37(30)43(40)59)49(62)52-25-29(55)9-13-66-16-18-68-20-21-69-19-17-67-14-10-35(56)53-11-8-28(26-53)46(61)51-2/h5-7,27-28,32,34,36,45,47-48,58,60,63H,8-26H2,1-4H3,(H,51,61)(H,52,62)/t27-,28?,32-,34-,36-,45+,47+,48-,50-/m0/s1. The third-order valence-electron chi connectivity index (χ3n) is 14.3. The number of hydrogen-bond acceptors (Lipinski definition) is 20. The highest BCUT2D eigenvalue weighted by Crippen LogP contribution is 2.53. The molecule has 5 N–H and O–H groups in total. The first kappa shape index (κ1) is 54.1. The van der Waals surface area contributed by atoms with Crippen molar-refractivity contribution < 1.29 is 91.5 Å². The maximum atomic E-state index is 14.2. The number of phenolic OH excluding ortho intramolecular Hbond substituents is 2. The molecule has 4 fully saturated rings. The van der Waals surface area contributed by atoms with Gasteiger partial charge in [0.25, 0.3) is 5.91 Å². The van der Waals surface area contributed by atoms with Crippen molar-refractivity contribution in [1.82, 2.24) is 20.4 Å². The van der Waals surface area contributed by atoms with Crippen molar-refractivity contribution >= 4 is 35.1 Å². The van der Waals surface area contributed by atoms with Crippen molar-refractivity contribution in [3.05, 3.63) is 51.6 Å². The third kappa shape index (κ3) is 11.6. The number of aliphatic hydroxyl groups is 1. The predicted octanol–water partition coefficient (Wildman–Crippen LogP) is 0.276. The summed E-state index contributed by atoms with van der Waals surface area (Å²) in [6.45, 7) is 5.15. The number of carbonyl (C=O) groups is 6. The Balaban J connectivity index is 0.823. The van der Waals surface area contributed by atoms with Gasteiger partial charge in [0, 0.05) is 82.2 Å². The van der Waals surface area contributed by atoms with Gasteiger partial charge >= 0.3 is 0 Å². The average molecular weight is 1030 g/mol. The summed E-state index contributed by atoms with van der Waals surface area (Å²) >= 11 is 0. The van der Waals surface area contributed by atoms with E-state index in [-0.39, 0.29) is 110 Å². The zero-order valence-corrected chi connectivity index (χ0v) is 41.6. The third-order valence-corrected chi connectivity index (χ3v) is 14.3. The Bertz CT molecular complexity index is 2390. The number of Topliss-reactive ketones (excluding diaryl/α,β-unsaturated/α-hetero) is 1. The van der Waals surface area contributed by atoms with Gasteiger partial charge in [0.1, 0.15) is 29.0 Å². The average Bonchev–Trinajstić information content (AvgIpc) is 4.04. The fraction of sp³-hybridized carbons (Fsp3) is 0.640. The maximum absolute atomic E-state index is 14.2.